The molecule has 0 spiro atoms. The molecule has 5 heteroatoms. The predicted octanol–water partition coefficient (Wildman–Crippen LogP) is 1.74. The highest BCUT2D eigenvalue weighted by Crippen LogP contribution is 2.28. The van der Waals surface area contributed by atoms with Crippen LogP contribution in [0, 0.1) is 17.2 Å². The molecule has 2 fully saturated rings. The zero-order valence-electron chi connectivity index (χ0n) is 11.5. The van der Waals surface area contributed by atoms with Crippen molar-refractivity contribution in [1.82, 2.24) is 10.2 Å². The molecule has 4 rings (SSSR count). The van der Waals surface area contributed by atoms with E-state index < -0.39 is 0 Å². The van der Waals surface area contributed by atoms with Gasteiger partial charge < -0.3 is 14.6 Å². The molecule has 2 aliphatic rings. The Balaban J connectivity index is 1.58. The Labute approximate surface area is 122 Å². The van der Waals surface area contributed by atoms with Crippen molar-refractivity contribution in [3.05, 3.63) is 35.6 Å². The van der Waals surface area contributed by atoms with E-state index in [1.807, 2.05) is 0 Å². The first-order chi connectivity index (χ1) is 10.2. The van der Waals surface area contributed by atoms with Crippen LogP contribution in [-0.4, -0.2) is 36.5 Å². The summed E-state index contributed by atoms with van der Waals surface area (Å²) in [4.78, 5) is 14.8. The van der Waals surface area contributed by atoms with Crippen molar-refractivity contribution in [2.24, 2.45) is 5.92 Å². The van der Waals surface area contributed by atoms with Crippen molar-refractivity contribution in [2.45, 2.75) is 12.5 Å². The number of piperidine rings is 1. The number of rotatable bonds is 2. The average Bonchev–Trinajstić information content (AvgIpc) is 3.21. The van der Waals surface area contributed by atoms with E-state index in [1.165, 1.54) is 12.7 Å². The van der Waals surface area contributed by atoms with Gasteiger partial charge in [-0.3, -0.25) is 4.79 Å². The quantitative estimate of drug-likeness (QED) is 0.910. The molecule has 1 aromatic carbocycles. The fourth-order valence-corrected chi connectivity index (χ4v) is 3.46. The maximum absolute atomic E-state index is 12.4. The highest BCUT2D eigenvalue weighted by molar-refractivity contribution is 5.99. The summed E-state index contributed by atoms with van der Waals surface area (Å²) in [5, 5.41) is 12.9. The number of benzene rings is 1. The molecule has 2 aliphatic heterocycles. The predicted molar refractivity (Wildman–Crippen MR) is 76.7 cm³/mol. The molecule has 2 aromatic rings. The minimum atomic E-state index is -0.0688. The Hall–Kier alpha value is -2.32. The zero-order valence-corrected chi connectivity index (χ0v) is 11.5. The first kappa shape index (κ1) is 12.4. The summed E-state index contributed by atoms with van der Waals surface area (Å²) in [6, 6.07) is 7.56. The minimum Gasteiger partial charge on any atom is -0.463 e. The molecule has 21 heavy (non-hydrogen) atoms. The largest absolute Gasteiger partial charge is 0.463 e. The highest BCUT2D eigenvalue weighted by atomic mass is 16.3. The molecule has 5 nitrogen and oxygen atoms in total. The summed E-state index contributed by atoms with van der Waals surface area (Å²) in [5.41, 5.74) is 1.68. The molecule has 3 atom stereocenters. The summed E-state index contributed by atoms with van der Waals surface area (Å²) in [6.07, 6.45) is 2.60. The Morgan fingerprint density at radius 1 is 1.43 bits per heavy atom. The van der Waals surface area contributed by atoms with Crippen molar-refractivity contribution in [3.63, 3.8) is 0 Å². The van der Waals surface area contributed by atoms with Gasteiger partial charge >= 0.3 is 0 Å². The maximum Gasteiger partial charge on any atom is 0.251 e. The highest BCUT2D eigenvalue weighted by Gasteiger charge is 2.38. The van der Waals surface area contributed by atoms with Crippen LogP contribution in [0.1, 0.15) is 22.3 Å². The SMILES string of the molecule is N#Cc1coc2ccc(C(=O)NC3CN4CCC3C4)cc12. The lowest BCUT2D eigenvalue weighted by Crippen LogP contribution is -2.43. The number of carbonyl (C=O) groups excluding carboxylic acids is 1. The zero-order chi connectivity index (χ0) is 14.4. The topological polar surface area (TPSA) is 69.3 Å². The van der Waals surface area contributed by atoms with Crippen LogP contribution < -0.4 is 5.32 Å². The van der Waals surface area contributed by atoms with Crippen LogP contribution in [0.15, 0.2) is 28.9 Å². The van der Waals surface area contributed by atoms with E-state index in [9.17, 15) is 4.79 Å². The first-order valence-corrected chi connectivity index (χ1v) is 7.19. The van der Waals surface area contributed by atoms with Gasteiger partial charge in [-0.25, -0.2) is 0 Å². The molecule has 1 N–H and O–H groups in total. The van der Waals surface area contributed by atoms with Gasteiger partial charge in [0.15, 0.2) is 0 Å². The summed E-state index contributed by atoms with van der Waals surface area (Å²) >= 11 is 0. The fraction of sp³-hybridized carbons (Fsp3) is 0.375. The van der Waals surface area contributed by atoms with E-state index in [2.05, 4.69) is 16.3 Å². The second-order valence-electron chi connectivity index (χ2n) is 5.86. The molecule has 106 valence electrons. The van der Waals surface area contributed by atoms with Gasteiger partial charge in [0.2, 0.25) is 0 Å². The van der Waals surface area contributed by atoms with Crippen molar-refractivity contribution < 1.29 is 9.21 Å². The van der Waals surface area contributed by atoms with Gasteiger partial charge in [0.05, 0.1) is 5.56 Å². The van der Waals surface area contributed by atoms with Gasteiger partial charge in [-0.2, -0.15) is 5.26 Å². The van der Waals surface area contributed by atoms with Gasteiger partial charge in [0.25, 0.3) is 5.91 Å². The van der Waals surface area contributed by atoms with Crippen LogP contribution in [0.3, 0.4) is 0 Å². The van der Waals surface area contributed by atoms with Crippen LogP contribution in [0.4, 0.5) is 0 Å². The molecular formula is C16H15N3O2. The monoisotopic (exact) mass is 281 g/mol. The van der Waals surface area contributed by atoms with Crippen LogP contribution in [0.2, 0.25) is 0 Å². The number of nitrogens with one attached hydrogen (secondary N) is 1. The van der Waals surface area contributed by atoms with E-state index in [4.69, 9.17) is 9.68 Å². The van der Waals surface area contributed by atoms with Crippen molar-refractivity contribution in [3.8, 4) is 6.07 Å². The minimum absolute atomic E-state index is 0.0688. The number of hydrogen-bond donors (Lipinski definition) is 1. The van der Waals surface area contributed by atoms with Gasteiger partial charge in [0.1, 0.15) is 17.9 Å². The number of nitrogens with zero attached hydrogens (tertiary/aromatic N) is 2. The lowest BCUT2D eigenvalue weighted by molar-refractivity contribution is 0.0924. The Bertz CT molecular complexity index is 758. The number of fused-ring (bicyclic) bond motifs is 3. The number of furan rings is 1. The van der Waals surface area contributed by atoms with E-state index in [0.717, 1.165) is 19.6 Å². The van der Waals surface area contributed by atoms with Crippen molar-refractivity contribution in [1.29, 1.82) is 5.26 Å². The van der Waals surface area contributed by atoms with E-state index in [1.54, 1.807) is 18.2 Å². The molecule has 0 aliphatic carbocycles. The molecule has 0 saturated carbocycles. The van der Waals surface area contributed by atoms with Crippen LogP contribution >= 0.6 is 0 Å². The van der Waals surface area contributed by atoms with E-state index in [-0.39, 0.29) is 11.9 Å². The number of carbonyl (C=O) groups is 1. The third-order valence-corrected chi connectivity index (χ3v) is 4.61. The van der Waals surface area contributed by atoms with Crippen LogP contribution in [0.5, 0.6) is 0 Å². The molecule has 1 aromatic heterocycles. The molecule has 2 saturated heterocycles. The molecule has 1 amide bonds. The number of hydrogen-bond acceptors (Lipinski definition) is 4. The summed E-state index contributed by atoms with van der Waals surface area (Å²) < 4.78 is 5.29. The van der Waals surface area contributed by atoms with Crippen LogP contribution in [-0.2, 0) is 0 Å². The fourth-order valence-electron chi connectivity index (χ4n) is 3.46. The van der Waals surface area contributed by atoms with E-state index >= 15 is 0 Å². The summed E-state index contributed by atoms with van der Waals surface area (Å²) in [6.45, 7) is 3.21. The van der Waals surface area contributed by atoms with Gasteiger partial charge in [-0.1, -0.05) is 0 Å². The van der Waals surface area contributed by atoms with Crippen molar-refractivity contribution in [2.75, 3.05) is 19.6 Å². The molecule has 3 heterocycles. The maximum atomic E-state index is 12.4. The third kappa shape index (κ3) is 1.99. The third-order valence-electron chi connectivity index (χ3n) is 4.61. The molecular weight excluding hydrogens is 266 g/mol. The summed E-state index contributed by atoms with van der Waals surface area (Å²) in [7, 11) is 0. The Morgan fingerprint density at radius 2 is 2.33 bits per heavy atom. The normalized spacial score (nSPS) is 26.9. The van der Waals surface area contributed by atoms with Gasteiger partial charge in [-0.15, -0.1) is 0 Å². The lowest BCUT2D eigenvalue weighted by atomic mass is 9.99. The van der Waals surface area contributed by atoms with Crippen LogP contribution in [0.25, 0.3) is 11.0 Å². The summed E-state index contributed by atoms with van der Waals surface area (Å²) in [5.74, 6) is 0.516. The number of nitriles is 1. The van der Waals surface area contributed by atoms with Gasteiger partial charge in [0, 0.05) is 30.1 Å². The average molecular weight is 281 g/mol. The first-order valence-electron chi connectivity index (χ1n) is 7.19. The standard InChI is InChI=1S/C16H15N3O2/c17-6-12-9-21-15-2-1-10(5-13(12)15)16(20)18-14-8-19-4-3-11(14)7-19/h1-2,5,9,11,14H,3-4,7-8H2,(H,18,20). The number of amides is 1. The Kier molecular flexibility index (Phi) is 2.72. The second kappa shape index (κ2) is 4.61. The lowest BCUT2D eigenvalue weighted by Gasteiger charge is -2.23. The molecule has 3 unspecified atom stereocenters. The van der Waals surface area contributed by atoms with E-state index in [0.29, 0.717) is 28.0 Å². The van der Waals surface area contributed by atoms with Gasteiger partial charge in [-0.05, 0) is 37.1 Å². The smallest absolute Gasteiger partial charge is 0.251 e. The van der Waals surface area contributed by atoms with Crippen molar-refractivity contribution >= 4 is 16.9 Å². The molecule has 2 bridgehead atoms. The Morgan fingerprint density at radius 3 is 3.05 bits per heavy atom. The second-order valence-corrected chi connectivity index (χ2v) is 5.86. The molecule has 0 radical (unpaired) electrons.